The van der Waals surface area contributed by atoms with Gasteiger partial charge >= 0.3 is 0 Å². The molecule has 4 rings (SSSR count). The van der Waals surface area contributed by atoms with Gasteiger partial charge in [-0.1, -0.05) is 30.3 Å². The van der Waals surface area contributed by atoms with Crippen molar-refractivity contribution in [3.8, 4) is 0 Å². The van der Waals surface area contributed by atoms with E-state index in [9.17, 15) is 19.2 Å². The number of ketones is 1. The highest BCUT2D eigenvalue weighted by atomic mass is 16.2. The Labute approximate surface area is 149 Å². The molecule has 130 valence electrons. The topological polar surface area (TPSA) is 96.4 Å². The van der Waals surface area contributed by atoms with E-state index in [1.54, 1.807) is 30.3 Å². The molecule has 0 radical (unpaired) electrons. The second kappa shape index (κ2) is 6.18. The van der Waals surface area contributed by atoms with Gasteiger partial charge in [0.2, 0.25) is 17.6 Å². The molecule has 7 heteroatoms. The van der Waals surface area contributed by atoms with E-state index < -0.39 is 11.9 Å². The Balaban J connectivity index is 1.60. The lowest BCUT2D eigenvalue weighted by molar-refractivity contribution is -0.136. The Kier molecular flexibility index (Phi) is 3.84. The quantitative estimate of drug-likeness (QED) is 0.660. The van der Waals surface area contributed by atoms with E-state index in [1.807, 2.05) is 6.07 Å². The normalized spacial score (nSPS) is 19.3. The second-order valence-corrected chi connectivity index (χ2v) is 6.29. The molecular formula is C19H15N3O4. The van der Waals surface area contributed by atoms with E-state index in [-0.39, 0.29) is 36.3 Å². The number of carbonyl (C=O) groups is 4. The van der Waals surface area contributed by atoms with E-state index in [2.05, 4.69) is 10.3 Å². The third kappa shape index (κ3) is 2.67. The maximum atomic E-state index is 12.6. The summed E-state index contributed by atoms with van der Waals surface area (Å²) in [6.45, 7) is 0.149. The minimum atomic E-state index is -0.692. The fourth-order valence-corrected chi connectivity index (χ4v) is 3.30. The molecule has 2 aliphatic rings. The van der Waals surface area contributed by atoms with Crippen molar-refractivity contribution in [2.45, 2.75) is 25.4 Å². The van der Waals surface area contributed by atoms with Crippen molar-refractivity contribution in [3.63, 3.8) is 0 Å². The number of aromatic nitrogens is 1. The lowest BCUT2D eigenvalue weighted by atomic mass is 10.0. The number of rotatable bonds is 3. The molecule has 0 spiro atoms. The van der Waals surface area contributed by atoms with E-state index in [0.717, 1.165) is 0 Å². The maximum absolute atomic E-state index is 12.6. The van der Waals surface area contributed by atoms with Crippen LogP contribution in [0.15, 0.2) is 42.5 Å². The summed E-state index contributed by atoms with van der Waals surface area (Å²) in [5.41, 5.74) is 1.64. The lowest BCUT2D eigenvalue weighted by Gasteiger charge is -2.29. The zero-order valence-electron chi connectivity index (χ0n) is 13.8. The minimum Gasteiger partial charge on any atom is -0.321 e. The van der Waals surface area contributed by atoms with Crippen molar-refractivity contribution in [3.05, 3.63) is 65.0 Å². The Morgan fingerprint density at radius 3 is 2.58 bits per heavy atom. The molecule has 2 aromatic rings. The standard InChI is InChI=1S/C19H15N3O4/c23-16-9-8-15(18(25)21-16)22-10-14-12(19(22)26)6-7-13(20-14)17(24)11-4-2-1-3-5-11/h1-7,15H,8-10H2,(H,21,23,25). The van der Waals surface area contributed by atoms with E-state index in [0.29, 0.717) is 23.2 Å². The Morgan fingerprint density at radius 2 is 1.85 bits per heavy atom. The number of hydrogen-bond acceptors (Lipinski definition) is 5. The summed E-state index contributed by atoms with van der Waals surface area (Å²) < 4.78 is 0. The highest BCUT2D eigenvalue weighted by Crippen LogP contribution is 2.26. The molecule has 1 aromatic heterocycles. The van der Waals surface area contributed by atoms with E-state index in [1.165, 1.54) is 11.0 Å². The fraction of sp³-hybridized carbons (Fsp3) is 0.211. The highest BCUT2D eigenvalue weighted by molar-refractivity contribution is 6.09. The van der Waals surface area contributed by atoms with Gasteiger partial charge in [0.1, 0.15) is 11.7 Å². The molecular weight excluding hydrogens is 334 g/mol. The highest BCUT2D eigenvalue weighted by Gasteiger charge is 2.39. The molecule has 26 heavy (non-hydrogen) atoms. The molecule has 3 amide bonds. The van der Waals surface area contributed by atoms with Crippen LogP contribution < -0.4 is 5.32 Å². The Morgan fingerprint density at radius 1 is 1.08 bits per heavy atom. The Bertz CT molecular complexity index is 939. The summed E-state index contributed by atoms with van der Waals surface area (Å²) in [5, 5.41) is 2.26. The molecule has 1 fully saturated rings. The van der Waals surface area contributed by atoms with Gasteiger partial charge in [-0.25, -0.2) is 4.98 Å². The SMILES string of the molecule is O=C1CCC(N2Cc3nc(C(=O)c4ccccc4)ccc3C2=O)C(=O)N1. The summed E-state index contributed by atoms with van der Waals surface area (Å²) in [7, 11) is 0. The Hall–Kier alpha value is -3.35. The van der Waals surface area contributed by atoms with Crippen LogP contribution in [0.3, 0.4) is 0 Å². The van der Waals surface area contributed by atoms with Gasteiger partial charge in [0.15, 0.2) is 0 Å². The van der Waals surface area contributed by atoms with Crippen molar-refractivity contribution in [1.82, 2.24) is 15.2 Å². The van der Waals surface area contributed by atoms with Gasteiger partial charge in [0, 0.05) is 12.0 Å². The molecule has 2 aliphatic heterocycles. The number of nitrogens with zero attached hydrogens (tertiary/aromatic N) is 2. The van der Waals surface area contributed by atoms with Gasteiger partial charge in [-0.2, -0.15) is 0 Å². The molecule has 0 aliphatic carbocycles. The van der Waals surface area contributed by atoms with Crippen LogP contribution in [-0.2, 0) is 16.1 Å². The number of benzene rings is 1. The van der Waals surface area contributed by atoms with Crippen LogP contribution in [0.4, 0.5) is 0 Å². The predicted octanol–water partition coefficient (Wildman–Crippen LogP) is 1.07. The van der Waals surface area contributed by atoms with Gasteiger partial charge in [-0.3, -0.25) is 24.5 Å². The van der Waals surface area contributed by atoms with Crippen LogP contribution in [0.25, 0.3) is 0 Å². The fourth-order valence-electron chi connectivity index (χ4n) is 3.30. The molecule has 1 unspecified atom stereocenters. The summed E-state index contributed by atoms with van der Waals surface area (Å²) >= 11 is 0. The molecule has 7 nitrogen and oxygen atoms in total. The van der Waals surface area contributed by atoms with Crippen LogP contribution in [0.5, 0.6) is 0 Å². The second-order valence-electron chi connectivity index (χ2n) is 6.29. The molecule has 1 atom stereocenters. The molecule has 1 N–H and O–H groups in total. The predicted molar refractivity (Wildman–Crippen MR) is 90.2 cm³/mol. The van der Waals surface area contributed by atoms with Crippen molar-refractivity contribution < 1.29 is 19.2 Å². The van der Waals surface area contributed by atoms with E-state index in [4.69, 9.17) is 0 Å². The van der Waals surface area contributed by atoms with Crippen LogP contribution in [-0.4, -0.2) is 39.4 Å². The van der Waals surface area contributed by atoms with E-state index >= 15 is 0 Å². The van der Waals surface area contributed by atoms with Crippen LogP contribution in [0, 0.1) is 0 Å². The van der Waals surface area contributed by atoms with Crippen molar-refractivity contribution in [2.24, 2.45) is 0 Å². The monoisotopic (exact) mass is 349 g/mol. The lowest BCUT2D eigenvalue weighted by Crippen LogP contribution is -2.52. The number of hydrogen-bond donors (Lipinski definition) is 1. The van der Waals surface area contributed by atoms with Crippen LogP contribution >= 0.6 is 0 Å². The first-order valence-electron chi connectivity index (χ1n) is 8.29. The zero-order chi connectivity index (χ0) is 18.3. The zero-order valence-corrected chi connectivity index (χ0v) is 13.8. The first-order chi connectivity index (χ1) is 12.5. The van der Waals surface area contributed by atoms with Crippen molar-refractivity contribution in [2.75, 3.05) is 0 Å². The number of carbonyl (C=O) groups excluding carboxylic acids is 4. The average Bonchev–Trinajstić information content (AvgIpc) is 2.98. The number of piperidine rings is 1. The number of pyridine rings is 1. The molecule has 0 bridgehead atoms. The van der Waals surface area contributed by atoms with Crippen LogP contribution in [0.2, 0.25) is 0 Å². The summed E-state index contributed by atoms with van der Waals surface area (Å²) in [4.78, 5) is 54.3. The van der Waals surface area contributed by atoms with Gasteiger partial charge < -0.3 is 4.90 Å². The number of nitrogens with one attached hydrogen (secondary N) is 1. The van der Waals surface area contributed by atoms with Gasteiger partial charge in [-0.15, -0.1) is 0 Å². The molecule has 3 heterocycles. The number of amides is 3. The minimum absolute atomic E-state index is 0.149. The third-order valence-corrected chi connectivity index (χ3v) is 4.64. The maximum Gasteiger partial charge on any atom is 0.256 e. The molecule has 0 saturated carbocycles. The molecule has 1 saturated heterocycles. The third-order valence-electron chi connectivity index (χ3n) is 4.64. The van der Waals surface area contributed by atoms with Crippen molar-refractivity contribution in [1.29, 1.82) is 0 Å². The number of fused-ring (bicyclic) bond motifs is 1. The van der Waals surface area contributed by atoms with Gasteiger partial charge in [0.25, 0.3) is 5.91 Å². The number of imide groups is 1. The summed E-state index contributed by atoms with van der Waals surface area (Å²) in [5.74, 6) is -1.33. The van der Waals surface area contributed by atoms with Crippen LogP contribution in [0.1, 0.15) is 44.9 Å². The first-order valence-corrected chi connectivity index (χ1v) is 8.29. The first kappa shape index (κ1) is 16.1. The summed E-state index contributed by atoms with van der Waals surface area (Å²) in [6.07, 6.45) is 0.488. The average molecular weight is 349 g/mol. The molecule has 1 aromatic carbocycles. The van der Waals surface area contributed by atoms with Gasteiger partial charge in [0.05, 0.1) is 17.8 Å². The van der Waals surface area contributed by atoms with Crippen molar-refractivity contribution >= 4 is 23.5 Å². The smallest absolute Gasteiger partial charge is 0.256 e. The largest absolute Gasteiger partial charge is 0.321 e. The summed E-state index contributed by atoms with van der Waals surface area (Å²) in [6, 6.07) is 11.2. The van der Waals surface area contributed by atoms with Gasteiger partial charge in [-0.05, 0) is 18.6 Å².